The number of anilines is 1. The monoisotopic (exact) mass is 590 g/mol. The summed E-state index contributed by atoms with van der Waals surface area (Å²) in [6.45, 7) is 9.20. The van der Waals surface area contributed by atoms with Crippen molar-refractivity contribution in [3.05, 3.63) is 95.6 Å². The Bertz CT molecular complexity index is 1480. The van der Waals surface area contributed by atoms with Crippen LogP contribution >= 0.6 is 0 Å². The maximum absolute atomic E-state index is 12.8. The van der Waals surface area contributed by atoms with Gasteiger partial charge in [-0.1, -0.05) is 75.4 Å². The number of nitrogens with zero attached hydrogens (tertiary/aromatic N) is 1. The number of sulfonamides is 1. The van der Waals surface area contributed by atoms with Gasteiger partial charge >= 0.3 is 0 Å². The lowest BCUT2D eigenvalue weighted by Crippen LogP contribution is -2.42. The number of rotatable bonds is 8. The van der Waals surface area contributed by atoms with Crippen molar-refractivity contribution in [2.24, 2.45) is 10.8 Å². The first-order chi connectivity index (χ1) is 20.0. The zero-order chi connectivity index (χ0) is 29.5. The van der Waals surface area contributed by atoms with E-state index in [1.54, 1.807) is 42.5 Å². The molecule has 0 aromatic heterocycles. The van der Waals surface area contributed by atoms with E-state index >= 15 is 0 Å². The van der Waals surface area contributed by atoms with Crippen LogP contribution in [0, 0.1) is 10.8 Å². The molecule has 0 amide bonds. The normalized spacial score (nSPS) is 29.3. The van der Waals surface area contributed by atoms with Gasteiger partial charge in [0.05, 0.1) is 23.7 Å². The minimum atomic E-state index is -3.68. The van der Waals surface area contributed by atoms with Gasteiger partial charge in [-0.15, -0.1) is 0 Å². The number of nitrogens with one attached hydrogen (secondary N) is 1. The third kappa shape index (κ3) is 6.43. The predicted molar refractivity (Wildman–Crippen MR) is 163 cm³/mol. The Morgan fingerprint density at radius 3 is 2.29 bits per heavy atom. The summed E-state index contributed by atoms with van der Waals surface area (Å²) >= 11 is 0. The molecule has 3 aliphatic rings. The molecular formula is C34H42N2O5S. The highest BCUT2D eigenvalue weighted by Crippen LogP contribution is 2.53. The molecule has 3 aromatic carbocycles. The summed E-state index contributed by atoms with van der Waals surface area (Å²) in [5, 5.41) is 9.52. The molecule has 1 saturated carbocycles. The maximum Gasteiger partial charge on any atom is 0.261 e. The first-order valence-corrected chi connectivity index (χ1v) is 16.4. The van der Waals surface area contributed by atoms with Gasteiger partial charge in [-0.25, -0.2) is 8.42 Å². The van der Waals surface area contributed by atoms with Crippen LogP contribution in [-0.2, 0) is 26.1 Å². The molecule has 7 nitrogen and oxygen atoms in total. The van der Waals surface area contributed by atoms with Gasteiger partial charge in [-0.3, -0.25) is 9.62 Å². The minimum absolute atomic E-state index is 0.00596. The van der Waals surface area contributed by atoms with Crippen molar-refractivity contribution in [3.8, 4) is 0 Å². The number of aliphatic hydroxyl groups is 1. The average molecular weight is 591 g/mol. The third-order valence-electron chi connectivity index (χ3n) is 9.06. The molecule has 0 radical (unpaired) electrons. The second kappa shape index (κ2) is 11.4. The molecule has 2 aliphatic heterocycles. The SMILES string of the molecule is CC1(C)CC2CC(C)(CN2C[C@@H]2C[C@H](c3ccc(CO)cc3)O[C@H](c3ccc(NS(=O)(=O)c4ccccc4)cc3)O2)C1. The van der Waals surface area contributed by atoms with Gasteiger partial charge in [-0.2, -0.15) is 0 Å². The van der Waals surface area contributed by atoms with Crippen molar-refractivity contribution >= 4 is 15.7 Å². The summed E-state index contributed by atoms with van der Waals surface area (Å²) in [6, 6.07) is 24.1. The fourth-order valence-corrected chi connectivity index (χ4v) is 8.69. The summed E-state index contributed by atoms with van der Waals surface area (Å²) < 4.78 is 41.4. The Morgan fingerprint density at radius 2 is 1.60 bits per heavy atom. The Balaban J connectivity index is 1.21. The van der Waals surface area contributed by atoms with Crippen LogP contribution < -0.4 is 4.72 Å². The van der Waals surface area contributed by atoms with Gasteiger partial charge in [0.1, 0.15) is 0 Å². The van der Waals surface area contributed by atoms with Gasteiger partial charge in [0, 0.05) is 36.8 Å². The number of ether oxygens (including phenoxy) is 2. The van der Waals surface area contributed by atoms with Gasteiger partial charge in [0.25, 0.3) is 10.0 Å². The minimum Gasteiger partial charge on any atom is -0.392 e. The molecule has 2 unspecified atom stereocenters. The largest absolute Gasteiger partial charge is 0.392 e. The Morgan fingerprint density at radius 1 is 0.905 bits per heavy atom. The van der Waals surface area contributed by atoms with Crippen molar-refractivity contribution in [3.63, 3.8) is 0 Å². The molecule has 2 bridgehead atoms. The lowest BCUT2D eigenvalue weighted by Gasteiger charge is -2.41. The van der Waals surface area contributed by atoms with Crippen molar-refractivity contribution in [2.45, 2.75) is 82.5 Å². The molecule has 2 heterocycles. The van der Waals surface area contributed by atoms with Gasteiger partial charge in [0.15, 0.2) is 6.29 Å². The highest BCUT2D eigenvalue weighted by molar-refractivity contribution is 7.92. The number of benzene rings is 3. The number of aliphatic hydroxyl groups excluding tert-OH is 1. The molecule has 3 aromatic rings. The molecular weight excluding hydrogens is 548 g/mol. The van der Waals surface area contributed by atoms with E-state index in [2.05, 4.69) is 30.4 Å². The number of likely N-dealkylation sites (tertiary alicyclic amines) is 1. The second-order valence-corrected chi connectivity index (χ2v) is 15.2. The molecule has 1 aliphatic carbocycles. The number of hydrogen-bond donors (Lipinski definition) is 2. The van der Waals surface area contributed by atoms with Gasteiger partial charge in [0.2, 0.25) is 0 Å². The van der Waals surface area contributed by atoms with E-state index in [9.17, 15) is 13.5 Å². The fraction of sp³-hybridized carbons (Fsp3) is 0.471. The van der Waals surface area contributed by atoms with Crippen molar-refractivity contribution < 1.29 is 23.0 Å². The van der Waals surface area contributed by atoms with Crippen LogP contribution in [0.5, 0.6) is 0 Å². The summed E-state index contributed by atoms with van der Waals surface area (Å²) in [6.07, 6.45) is 3.69. The molecule has 2 N–H and O–H groups in total. The van der Waals surface area contributed by atoms with Gasteiger partial charge < -0.3 is 14.6 Å². The summed E-state index contributed by atoms with van der Waals surface area (Å²) in [4.78, 5) is 2.87. The van der Waals surface area contributed by atoms with Crippen LogP contribution in [0.25, 0.3) is 0 Å². The van der Waals surface area contributed by atoms with Crippen LogP contribution in [-0.4, -0.2) is 43.7 Å². The zero-order valence-electron chi connectivity index (χ0n) is 24.7. The lowest BCUT2D eigenvalue weighted by atomic mass is 9.65. The Kier molecular flexibility index (Phi) is 7.96. The summed E-state index contributed by atoms with van der Waals surface area (Å²) in [7, 11) is -3.68. The standard InChI is InChI=1S/C34H42N2O5S/c1-33(2)18-28-19-34(3,22-33)23-36(28)20-29-17-31(25-11-9-24(21-37)10-12-25)41-32(40-29)26-13-15-27(16-14-26)35-42(38,39)30-7-5-4-6-8-30/h4-16,28-29,31-32,35,37H,17-23H2,1-3H3/t28?,29-,31+,32+,34?/m0/s1. The van der Waals surface area contributed by atoms with Crippen molar-refractivity contribution in [2.75, 3.05) is 17.8 Å². The van der Waals surface area contributed by atoms with E-state index in [4.69, 9.17) is 9.47 Å². The van der Waals surface area contributed by atoms with Crippen LogP contribution in [0.2, 0.25) is 0 Å². The second-order valence-electron chi connectivity index (χ2n) is 13.5. The van der Waals surface area contributed by atoms with Crippen LogP contribution in [0.1, 0.15) is 75.5 Å². The zero-order valence-corrected chi connectivity index (χ0v) is 25.5. The van der Waals surface area contributed by atoms with E-state index in [0.717, 1.165) is 36.2 Å². The highest BCUT2D eigenvalue weighted by atomic mass is 32.2. The van der Waals surface area contributed by atoms with E-state index in [-0.39, 0.29) is 23.7 Å². The van der Waals surface area contributed by atoms with Crippen molar-refractivity contribution in [1.82, 2.24) is 4.90 Å². The predicted octanol–water partition coefficient (Wildman–Crippen LogP) is 6.43. The molecule has 42 heavy (non-hydrogen) atoms. The first-order valence-electron chi connectivity index (χ1n) is 14.9. The topological polar surface area (TPSA) is 88.1 Å². The lowest BCUT2D eigenvalue weighted by molar-refractivity contribution is -0.253. The van der Waals surface area contributed by atoms with Crippen molar-refractivity contribution in [1.29, 1.82) is 0 Å². The Hall–Kier alpha value is -2.75. The molecule has 6 rings (SSSR count). The third-order valence-corrected chi connectivity index (χ3v) is 10.5. The van der Waals surface area contributed by atoms with Crippen LogP contribution in [0.15, 0.2) is 83.8 Å². The molecule has 3 fully saturated rings. The molecule has 8 heteroatoms. The summed E-state index contributed by atoms with van der Waals surface area (Å²) in [5.41, 5.74) is 3.95. The van der Waals surface area contributed by atoms with Crippen LogP contribution in [0.4, 0.5) is 5.69 Å². The average Bonchev–Trinajstić information content (AvgIpc) is 3.20. The molecule has 0 spiro atoms. The highest BCUT2D eigenvalue weighted by Gasteiger charge is 2.50. The van der Waals surface area contributed by atoms with E-state index in [0.29, 0.717) is 22.6 Å². The first kappa shape index (κ1) is 29.3. The molecule has 5 atom stereocenters. The van der Waals surface area contributed by atoms with E-state index in [1.807, 2.05) is 36.4 Å². The smallest absolute Gasteiger partial charge is 0.261 e. The van der Waals surface area contributed by atoms with E-state index < -0.39 is 16.3 Å². The van der Waals surface area contributed by atoms with Gasteiger partial charge in [-0.05, 0) is 65.5 Å². The number of hydrogen-bond acceptors (Lipinski definition) is 6. The maximum atomic E-state index is 12.8. The molecule has 224 valence electrons. The number of fused-ring (bicyclic) bond motifs is 2. The summed E-state index contributed by atoms with van der Waals surface area (Å²) in [5.74, 6) is 0. The Labute approximate surface area is 249 Å². The van der Waals surface area contributed by atoms with Crippen LogP contribution in [0.3, 0.4) is 0 Å². The molecule has 2 saturated heterocycles. The van der Waals surface area contributed by atoms with E-state index in [1.165, 1.54) is 19.3 Å². The quantitative estimate of drug-likeness (QED) is 0.315. The fourth-order valence-electron chi connectivity index (χ4n) is 7.61.